The van der Waals surface area contributed by atoms with E-state index in [2.05, 4.69) is 20.8 Å². The van der Waals surface area contributed by atoms with Crippen LogP contribution in [0.1, 0.15) is 31.7 Å². The summed E-state index contributed by atoms with van der Waals surface area (Å²) in [6, 6.07) is 0.476. The maximum Gasteiger partial charge on any atom is 0.194 e. The van der Waals surface area contributed by atoms with E-state index in [1.807, 2.05) is 0 Å². The number of hydrogen-bond donors (Lipinski definition) is 4. The Morgan fingerprint density at radius 3 is 2.44 bits per heavy atom. The fourth-order valence-electron chi connectivity index (χ4n) is 5.18. The molecule has 3 aliphatic rings. The van der Waals surface area contributed by atoms with Crippen molar-refractivity contribution < 1.29 is 38.1 Å². The van der Waals surface area contributed by atoms with Crippen LogP contribution in [0, 0.1) is 23.4 Å². The summed E-state index contributed by atoms with van der Waals surface area (Å²) in [6.07, 6.45) is -0.707. The van der Waals surface area contributed by atoms with Crippen molar-refractivity contribution in [2.75, 3.05) is 19.7 Å². The molecule has 2 aromatic rings. The molecule has 0 saturated carbocycles. The first-order valence-corrected chi connectivity index (χ1v) is 12.0. The van der Waals surface area contributed by atoms with E-state index in [-0.39, 0.29) is 23.8 Å². The van der Waals surface area contributed by atoms with Gasteiger partial charge in [-0.05, 0) is 38.1 Å². The summed E-state index contributed by atoms with van der Waals surface area (Å²) in [5, 5.41) is 47.0. The molecule has 0 unspecified atom stereocenters. The zero-order valence-corrected chi connectivity index (χ0v) is 19.3. The quantitative estimate of drug-likeness (QED) is 0.421. The number of aromatic nitrogens is 3. The van der Waals surface area contributed by atoms with E-state index < -0.39 is 54.5 Å². The number of halogens is 3. The molecule has 6 atom stereocenters. The molecular weight excluding hydrogens is 483 g/mol. The molecule has 36 heavy (non-hydrogen) atoms. The average molecular weight is 512 g/mol. The predicted octanol–water partition coefficient (Wildman–Crippen LogP) is 0.920. The Kier molecular flexibility index (Phi) is 7.26. The topological polar surface area (TPSA) is 134 Å². The number of aliphatic hydroxyl groups is 3. The largest absolute Gasteiger partial charge is 0.394 e. The summed E-state index contributed by atoms with van der Waals surface area (Å²) in [6.45, 7) is 1.33. The Morgan fingerprint density at radius 1 is 1.06 bits per heavy atom. The highest BCUT2D eigenvalue weighted by Crippen LogP contribution is 2.35. The Bertz CT molecular complexity index is 1090. The van der Waals surface area contributed by atoms with Crippen LogP contribution >= 0.6 is 0 Å². The van der Waals surface area contributed by atoms with Gasteiger partial charge in [-0.3, -0.25) is 0 Å². The monoisotopic (exact) mass is 511 g/mol. The van der Waals surface area contributed by atoms with E-state index in [0.717, 1.165) is 48.5 Å². The van der Waals surface area contributed by atoms with Crippen LogP contribution in [0.25, 0.3) is 11.3 Å². The number of hydrogen-bond acceptors (Lipinski definition) is 9. The van der Waals surface area contributed by atoms with Gasteiger partial charge in [-0.2, -0.15) is 0 Å². The van der Waals surface area contributed by atoms with E-state index in [0.29, 0.717) is 12.3 Å². The number of oxime groups is 1. The van der Waals surface area contributed by atoms with Gasteiger partial charge in [0.25, 0.3) is 0 Å². The second kappa shape index (κ2) is 10.4. The third kappa shape index (κ3) is 4.85. The summed E-state index contributed by atoms with van der Waals surface area (Å²) >= 11 is 0. The Balaban J connectivity index is 1.31. The van der Waals surface area contributed by atoms with Crippen molar-refractivity contribution in [2.24, 2.45) is 11.1 Å². The lowest BCUT2D eigenvalue weighted by atomic mass is 9.87. The normalized spacial score (nSPS) is 31.3. The maximum atomic E-state index is 13.7. The molecule has 0 bridgehead atoms. The van der Waals surface area contributed by atoms with Crippen molar-refractivity contribution in [1.29, 1.82) is 0 Å². The summed E-state index contributed by atoms with van der Waals surface area (Å²) in [5.41, 5.74) is 0.933. The van der Waals surface area contributed by atoms with Crippen LogP contribution < -0.4 is 5.32 Å². The minimum Gasteiger partial charge on any atom is -0.394 e. The van der Waals surface area contributed by atoms with Gasteiger partial charge in [0.05, 0.1) is 24.6 Å². The zero-order valence-electron chi connectivity index (χ0n) is 19.3. The second-order valence-corrected chi connectivity index (χ2v) is 9.48. The van der Waals surface area contributed by atoms with E-state index in [1.165, 1.54) is 6.20 Å². The standard InChI is InChI=1S/C23H28F3N5O5/c24-14-5-12(6-15(25)20(14)26)17-9-31(30-28-17)21-22(33)18(35-19(10-32)23(21)34)8-13-7-16(29-36-13)11-1-3-27-4-2-11/h5-6,9,11,13,18-19,21-23,27,32-34H,1-4,7-8,10H2/t13-,18-,19-,21-,22+,23+/m1/s1. The fraction of sp³-hybridized carbons (Fsp3) is 0.609. The van der Waals surface area contributed by atoms with Crippen molar-refractivity contribution in [3.63, 3.8) is 0 Å². The molecule has 1 aromatic heterocycles. The molecule has 2 fully saturated rings. The van der Waals surface area contributed by atoms with E-state index >= 15 is 0 Å². The molecule has 5 rings (SSSR count). The maximum absolute atomic E-state index is 13.7. The number of nitrogens with zero attached hydrogens (tertiary/aromatic N) is 4. The van der Waals surface area contributed by atoms with Gasteiger partial charge >= 0.3 is 0 Å². The van der Waals surface area contributed by atoms with Gasteiger partial charge in [0, 0.05) is 24.3 Å². The van der Waals surface area contributed by atoms with Crippen LogP contribution in [-0.2, 0) is 9.57 Å². The molecule has 10 nitrogen and oxygen atoms in total. The molecule has 0 spiro atoms. The highest BCUT2D eigenvalue weighted by atomic mass is 19.2. The van der Waals surface area contributed by atoms with E-state index in [4.69, 9.17) is 9.57 Å². The first kappa shape index (κ1) is 25.1. The Morgan fingerprint density at radius 2 is 1.75 bits per heavy atom. The van der Waals surface area contributed by atoms with Gasteiger partial charge in [-0.15, -0.1) is 5.10 Å². The first-order valence-electron chi connectivity index (χ1n) is 12.0. The van der Waals surface area contributed by atoms with Crippen LogP contribution in [0.4, 0.5) is 13.2 Å². The van der Waals surface area contributed by atoms with Gasteiger partial charge in [-0.25, -0.2) is 17.9 Å². The van der Waals surface area contributed by atoms with Crippen molar-refractivity contribution in [3.8, 4) is 11.3 Å². The Labute approximate surface area is 204 Å². The highest BCUT2D eigenvalue weighted by Gasteiger charge is 2.47. The van der Waals surface area contributed by atoms with Crippen LogP contribution in [-0.4, -0.2) is 86.2 Å². The fourth-order valence-corrected chi connectivity index (χ4v) is 5.18. The summed E-state index contributed by atoms with van der Waals surface area (Å²) < 4.78 is 47.7. The molecule has 4 heterocycles. The van der Waals surface area contributed by atoms with Crippen molar-refractivity contribution >= 4 is 5.71 Å². The molecule has 0 radical (unpaired) electrons. The van der Waals surface area contributed by atoms with Crippen molar-refractivity contribution in [1.82, 2.24) is 20.3 Å². The number of aliphatic hydroxyl groups excluding tert-OH is 3. The number of nitrogens with one attached hydrogen (secondary N) is 1. The number of rotatable bonds is 6. The molecule has 0 amide bonds. The van der Waals surface area contributed by atoms with E-state index in [1.54, 1.807) is 0 Å². The third-order valence-electron chi connectivity index (χ3n) is 7.15. The molecular formula is C23H28F3N5O5. The highest BCUT2D eigenvalue weighted by molar-refractivity contribution is 5.87. The van der Waals surface area contributed by atoms with Gasteiger partial charge in [0.1, 0.15) is 36.2 Å². The summed E-state index contributed by atoms with van der Waals surface area (Å²) in [4.78, 5) is 5.62. The van der Waals surface area contributed by atoms with Crippen LogP contribution in [0.15, 0.2) is 23.5 Å². The molecule has 13 heteroatoms. The van der Waals surface area contributed by atoms with Gasteiger partial charge < -0.3 is 30.2 Å². The summed E-state index contributed by atoms with van der Waals surface area (Å²) in [7, 11) is 0. The minimum absolute atomic E-state index is 0.00919. The molecule has 2 saturated heterocycles. The molecule has 3 aliphatic heterocycles. The number of benzene rings is 1. The van der Waals surface area contributed by atoms with Gasteiger partial charge in [0.2, 0.25) is 0 Å². The smallest absolute Gasteiger partial charge is 0.194 e. The van der Waals surface area contributed by atoms with Crippen molar-refractivity contribution in [2.45, 2.75) is 62.2 Å². The lowest BCUT2D eigenvalue weighted by molar-refractivity contribution is -0.212. The predicted molar refractivity (Wildman–Crippen MR) is 119 cm³/mol. The van der Waals surface area contributed by atoms with Crippen LogP contribution in [0.2, 0.25) is 0 Å². The van der Waals surface area contributed by atoms with Crippen LogP contribution in [0.5, 0.6) is 0 Å². The Hall–Kier alpha value is -2.58. The molecule has 1 aromatic carbocycles. The van der Waals surface area contributed by atoms with Crippen molar-refractivity contribution in [3.05, 3.63) is 35.8 Å². The lowest BCUT2D eigenvalue weighted by Crippen LogP contribution is -2.56. The molecule has 4 N–H and O–H groups in total. The third-order valence-corrected chi connectivity index (χ3v) is 7.15. The zero-order chi connectivity index (χ0) is 25.4. The second-order valence-electron chi connectivity index (χ2n) is 9.48. The lowest BCUT2D eigenvalue weighted by Gasteiger charge is -2.42. The average Bonchev–Trinajstić information content (AvgIpc) is 3.55. The van der Waals surface area contributed by atoms with Crippen LogP contribution in [0.3, 0.4) is 0 Å². The van der Waals surface area contributed by atoms with Gasteiger partial charge in [-0.1, -0.05) is 10.4 Å². The molecule has 0 aliphatic carbocycles. The van der Waals surface area contributed by atoms with Gasteiger partial charge in [0.15, 0.2) is 17.5 Å². The number of ether oxygens (including phenoxy) is 1. The molecule has 196 valence electrons. The summed E-state index contributed by atoms with van der Waals surface area (Å²) in [5.74, 6) is -4.01. The van der Waals surface area contributed by atoms with E-state index in [9.17, 15) is 28.5 Å². The first-order chi connectivity index (χ1) is 17.4. The minimum atomic E-state index is -1.60. The number of piperidine rings is 1. The SMILES string of the molecule is OC[C@H]1O[C@H](C[C@H]2CC(C3CCNCC3)=NO2)[C@H](O)[C@@H](n2cc(-c3cc(F)c(F)c(F)c3)nn2)[C@H]1O.